The predicted molar refractivity (Wildman–Crippen MR) is 87.9 cm³/mol. The summed E-state index contributed by atoms with van der Waals surface area (Å²) in [6.45, 7) is 6.44. The maximum absolute atomic E-state index is 4.73. The molecule has 0 aliphatic heterocycles. The van der Waals surface area contributed by atoms with Gasteiger partial charge in [-0.3, -0.25) is 0 Å². The SMILES string of the molecule is CCNc1cc(NCC2(C)CCCCC2)nc(C2CC2)n1. The van der Waals surface area contributed by atoms with Crippen LogP contribution in [-0.2, 0) is 0 Å². The normalized spacial score (nSPS) is 21.0. The third-order valence-corrected chi connectivity index (χ3v) is 4.80. The molecule has 2 N–H and O–H groups in total. The van der Waals surface area contributed by atoms with Gasteiger partial charge < -0.3 is 10.6 Å². The van der Waals surface area contributed by atoms with Gasteiger partial charge in [0.15, 0.2) is 0 Å². The molecule has 0 aromatic carbocycles. The Morgan fingerprint density at radius 3 is 2.38 bits per heavy atom. The third-order valence-electron chi connectivity index (χ3n) is 4.80. The minimum atomic E-state index is 0.432. The molecule has 0 radical (unpaired) electrons. The molecule has 0 spiro atoms. The van der Waals surface area contributed by atoms with E-state index in [9.17, 15) is 0 Å². The lowest BCUT2D eigenvalue weighted by molar-refractivity contribution is 0.233. The fraction of sp³-hybridized carbons (Fsp3) is 0.765. The van der Waals surface area contributed by atoms with Crippen LogP contribution in [0.2, 0.25) is 0 Å². The largest absolute Gasteiger partial charge is 0.370 e. The summed E-state index contributed by atoms with van der Waals surface area (Å²) in [6.07, 6.45) is 9.30. The van der Waals surface area contributed by atoms with Gasteiger partial charge in [0.05, 0.1) is 0 Å². The van der Waals surface area contributed by atoms with Crippen molar-refractivity contribution in [2.24, 2.45) is 5.41 Å². The first-order valence-corrected chi connectivity index (χ1v) is 8.55. The number of nitrogens with zero attached hydrogens (tertiary/aromatic N) is 2. The highest BCUT2D eigenvalue weighted by Crippen LogP contribution is 2.39. The lowest BCUT2D eigenvalue weighted by atomic mass is 9.76. The van der Waals surface area contributed by atoms with E-state index in [1.807, 2.05) is 0 Å². The van der Waals surface area contributed by atoms with Gasteiger partial charge in [0.2, 0.25) is 0 Å². The van der Waals surface area contributed by atoms with Crippen LogP contribution in [0.5, 0.6) is 0 Å². The van der Waals surface area contributed by atoms with Crippen molar-refractivity contribution in [1.82, 2.24) is 9.97 Å². The molecule has 2 fully saturated rings. The van der Waals surface area contributed by atoms with Crippen molar-refractivity contribution in [2.45, 2.75) is 64.7 Å². The summed E-state index contributed by atoms with van der Waals surface area (Å²) < 4.78 is 0. The maximum atomic E-state index is 4.73. The van der Waals surface area contributed by atoms with E-state index in [4.69, 9.17) is 4.98 Å². The summed E-state index contributed by atoms with van der Waals surface area (Å²) in [7, 11) is 0. The van der Waals surface area contributed by atoms with Crippen LogP contribution in [0.1, 0.15) is 70.5 Å². The van der Waals surface area contributed by atoms with Crippen LogP contribution >= 0.6 is 0 Å². The van der Waals surface area contributed by atoms with Gasteiger partial charge >= 0.3 is 0 Å². The molecule has 4 nitrogen and oxygen atoms in total. The molecule has 3 rings (SSSR count). The second kappa shape index (κ2) is 6.20. The van der Waals surface area contributed by atoms with Gasteiger partial charge in [-0.1, -0.05) is 26.2 Å². The number of hydrogen-bond donors (Lipinski definition) is 2. The summed E-state index contributed by atoms with van der Waals surface area (Å²) in [5.41, 5.74) is 0.432. The van der Waals surface area contributed by atoms with Crippen LogP contribution in [0.4, 0.5) is 11.6 Å². The molecule has 2 saturated carbocycles. The van der Waals surface area contributed by atoms with Crippen molar-refractivity contribution in [3.8, 4) is 0 Å². The van der Waals surface area contributed by atoms with Gasteiger partial charge in [-0.05, 0) is 38.0 Å². The van der Waals surface area contributed by atoms with Crippen molar-refractivity contribution < 1.29 is 0 Å². The Labute approximate surface area is 128 Å². The highest BCUT2D eigenvalue weighted by molar-refractivity contribution is 5.48. The van der Waals surface area contributed by atoms with Gasteiger partial charge in [-0.2, -0.15) is 0 Å². The summed E-state index contributed by atoms with van der Waals surface area (Å²) >= 11 is 0. The Hall–Kier alpha value is -1.32. The lowest BCUT2D eigenvalue weighted by Gasteiger charge is -2.33. The molecule has 1 aromatic heterocycles. The van der Waals surface area contributed by atoms with E-state index in [1.54, 1.807) is 0 Å². The van der Waals surface area contributed by atoms with E-state index in [0.29, 0.717) is 11.3 Å². The van der Waals surface area contributed by atoms with Crippen molar-refractivity contribution >= 4 is 11.6 Å². The molecule has 2 aliphatic carbocycles. The molecule has 0 unspecified atom stereocenters. The molecular weight excluding hydrogens is 260 g/mol. The Balaban J connectivity index is 1.68. The highest BCUT2D eigenvalue weighted by Gasteiger charge is 2.29. The van der Waals surface area contributed by atoms with Crippen molar-refractivity contribution in [3.05, 3.63) is 11.9 Å². The fourth-order valence-electron chi connectivity index (χ4n) is 3.24. The second-order valence-electron chi connectivity index (χ2n) is 7.03. The van der Waals surface area contributed by atoms with Crippen LogP contribution < -0.4 is 10.6 Å². The average Bonchev–Trinajstić information content (AvgIpc) is 3.31. The van der Waals surface area contributed by atoms with Crippen molar-refractivity contribution in [3.63, 3.8) is 0 Å². The molecule has 21 heavy (non-hydrogen) atoms. The Bertz CT molecular complexity index is 476. The van der Waals surface area contributed by atoms with Crippen LogP contribution in [0, 0.1) is 5.41 Å². The van der Waals surface area contributed by atoms with Gasteiger partial charge in [-0.25, -0.2) is 9.97 Å². The molecule has 0 amide bonds. The topological polar surface area (TPSA) is 49.8 Å². The Morgan fingerprint density at radius 1 is 1.10 bits per heavy atom. The van der Waals surface area contributed by atoms with Gasteiger partial charge in [0, 0.05) is 25.1 Å². The first-order valence-electron chi connectivity index (χ1n) is 8.55. The molecule has 2 aliphatic rings. The average molecular weight is 288 g/mol. The first kappa shape index (κ1) is 14.6. The lowest BCUT2D eigenvalue weighted by Crippen LogP contribution is -2.29. The van der Waals surface area contributed by atoms with Gasteiger partial charge in [0.1, 0.15) is 17.5 Å². The van der Waals surface area contributed by atoms with Crippen LogP contribution in [0.3, 0.4) is 0 Å². The molecule has 0 bridgehead atoms. The Kier molecular flexibility index (Phi) is 4.32. The quantitative estimate of drug-likeness (QED) is 0.825. The zero-order chi connectivity index (χ0) is 14.7. The number of hydrogen-bond acceptors (Lipinski definition) is 4. The minimum Gasteiger partial charge on any atom is -0.370 e. The summed E-state index contributed by atoms with van der Waals surface area (Å²) in [5, 5.41) is 6.91. The molecule has 0 saturated heterocycles. The predicted octanol–water partition coefficient (Wildman–Crippen LogP) is 4.17. The summed E-state index contributed by atoms with van der Waals surface area (Å²) in [6, 6.07) is 2.06. The molecule has 4 heteroatoms. The Morgan fingerprint density at radius 2 is 1.76 bits per heavy atom. The summed E-state index contributed by atoms with van der Waals surface area (Å²) in [5.74, 6) is 3.57. The fourth-order valence-corrected chi connectivity index (χ4v) is 3.24. The molecule has 0 atom stereocenters. The number of aromatic nitrogens is 2. The van der Waals surface area contributed by atoms with E-state index in [-0.39, 0.29) is 0 Å². The van der Waals surface area contributed by atoms with E-state index in [1.165, 1.54) is 44.9 Å². The second-order valence-corrected chi connectivity index (χ2v) is 7.03. The summed E-state index contributed by atoms with van der Waals surface area (Å²) in [4.78, 5) is 9.37. The minimum absolute atomic E-state index is 0.432. The number of anilines is 2. The monoisotopic (exact) mass is 288 g/mol. The smallest absolute Gasteiger partial charge is 0.136 e. The number of nitrogens with one attached hydrogen (secondary N) is 2. The van der Waals surface area contributed by atoms with E-state index in [0.717, 1.165) is 30.5 Å². The van der Waals surface area contributed by atoms with Crippen LogP contribution in [-0.4, -0.2) is 23.1 Å². The standard InChI is InChI=1S/C17H28N4/c1-3-18-14-11-15(21-16(20-14)13-7-8-13)19-12-17(2)9-5-4-6-10-17/h11,13H,3-10,12H2,1-2H3,(H2,18,19,20,21). The zero-order valence-electron chi connectivity index (χ0n) is 13.4. The van der Waals surface area contributed by atoms with Crippen molar-refractivity contribution in [2.75, 3.05) is 23.7 Å². The highest BCUT2D eigenvalue weighted by atomic mass is 15.1. The van der Waals surface area contributed by atoms with Crippen molar-refractivity contribution in [1.29, 1.82) is 0 Å². The maximum Gasteiger partial charge on any atom is 0.136 e. The van der Waals surface area contributed by atoms with Gasteiger partial charge in [-0.15, -0.1) is 0 Å². The molecular formula is C17H28N4. The van der Waals surface area contributed by atoms with Gasteiger partial charge in [0.25, 0.3) is 0 Å². The number of rotatable bonds is 6. The molecule has 116 valence electrons. The zero-order valence-corrected chi connectivity index (χ0v) is 13.4. The van der Waals surface area contributed by atoms with E-state index >= 15 is 0 Å². The van der Waals surface area contributed by atoms with Crippen LogP contribution in [0.15, 0.2) is 6.07 Å². The first-order chi connectivity index (χ1) is 10.2. The van der Waals surface area contributed by atoms with E-state index < -0.39 is 0 Å². The van der Waals surface area contributed by atoms with Crippen LogP contribution in [0.25, 0.3) is 0 Å². The third kappa shape index (κ3) is 3.86. The molecule has 1 aromatic rings. The van der Waals surface area contributed by atoms with E-state index in [2.05, 4.69) is 35.5 Å². The molecule has 1 heterocycles.